The zero-order valence-corrected chi connectivity index (χ0v) is 12.2. The number of hydrogen-bond donors (Lipinski definition) is 1. The first kappa shape index (κ1) is 13.8. The van der Waals surface area contributed by atoms with Crippen LogP contribution in [0.1, 0.15) is 34.1 Å². The molecule has 0 fully saturated rings. The van der Waals surface area contributed by atoms with E-state index in [1.807, 2.05) is 14.0 Å². The predicted octanol–water partition coefficient (Wildman–Crippen LogP) is 3.51. The summed E-state index contributed by atoms with van der Waals surface area (Å²) in [6.45, 7) is 6.26. The average molecular weight is 254 g/mol. The number of nitrogens with one attached hydrogen (secondary N) is 1. The van der Waals surface area contributed by atoms with Gasteiger partial charge in [0.15, 0.2) is 0 Å². The van der Waals surface area contributed by atoms with Gasteiger partial charge in [-0.2, -0.15) is 0 Å². The molecule has 0 aliphatic rings. The number of aryl methyl sites for hydroxylation is 3. The Morgan fingerprint density at radius 1 is 1.11 bits per heavy atom. The molecule has 1 unspecified atom stereocenters. The summed E-state index contributed by atoms with van der Waals surface area (Å²) in [7, 11) is 2.01. The van der Waals surface area contributed by atoms with Crippen LogP contribution < -0.4 is 5.32 Å². The first-order chi connectivity index (χ1) is 9.10. The van der Waals surface area contributed by atoms with E-state index in [4.69, 9.17) is 0 Å². The summed E-state index contributed by atoms with van der Waals surface area (Å²) in [5.74, 6) is 0. The fourth-order valence-corrected chi connectivity index (χ4v) is 2.51. The van der Waals surface area contributed by atoms with Gasteiger partial charge in [-0.15, -0.1) is 0 Å². The van der Waals surface area contributed by atoms with Crippen molar-refractivity contribution in [1.82, 2.24) is 10.3 Å². The summed E-state index contributed by atoms with van der Waals surface area (Å²) in [4.78, 5) is 4.56. The molecule has 1 aromatic carbocycles. The molecule has 0 aliphatic carbocycles. The third kappa shape index (κ3) is 3.42. The Kier molecular flexibility index (Phi) is 4.33. The number of benzene rings is 1. The second-order valence-corrected chi connectivity index (χ2v) is 5.16. The lowest BCUT2D eigenvalue weighted by Gasteiger charge is -2.19. The summed E-state index contributed by atoms with van der Waals surface area (Å²) in [5, 5.41) is 3.41. The standard InChI is InChI=1S/C17H22N2/c1-12-6-5-7-15(10-12)11-17(18-4)16-9-8-13(2)19-14(16)3/h5-10,17-18H,11H2,1-4H3. The van der Waals surface area contributed by atoms with Crippen LogP contribution in [0.4, 0.5) is 0 Å². The van der Waals surface area contributed by atoms with Gasteiger partial charge in [-0.3, -0.25) is 4.98 Å². The van der Waals surface area contributed by atoms with Gasteiger partial charge in [0, 0.05) is 17.4 Å². The van der Waals surface area contributed by atoms with Crippen LogP contribution in [0.25, 0.3) is 0 Å². The number of hydrogen-bond acceptors (Lipinski definition) is 2. The molecule has 19 heavy (non-hydrogen) atoms. The molecular formula is C17H22N2. The van der Waals surface area contributed by atoms with Gasteiger partial charge in [0.2, 0.25) is 0 Å². The molecule has 100 valence electrons. The van der Waals surface area contributed by atoms with Crippen LogP contribution in [-0.2, 0) is 6.42 Å². The van der Waals surface area contributed by atoms with E-state index < -0.39 is 0 Å². The van der Waals surface area contributed by atoms with E-state index in [1.54, 1.807) is 0 Å². The normalized spacial score (nSPS) is 12.4. The van der Waals surface area contributed by atoms with Crippen LogP contribution in [0.15, 0.2) is 36.4 Å². The van der Waals surface area contributed by atoms with Crippen LogP contribution in [0, 0.1) is 20.8 Å². The highest BCUT2D eigenvalue weighted by atomic mass is 14.9. The minimum Gasteiger partial charge on any atom is -0.313 e. The quantitative estimate of drug-likeness (QED) is 0.903. The van der Waals surface area contributed by atoms with Crippen molar-refractivity contribution in [3.05, 3.63) is 64.5 Å². The fourth-order valence-electron chi connectivity index (χ4n) is 2.51. The molecule has 1 heterocycles. The summed E-state index contributed by atoms with van der Waals surface area (Å²) in [6, 6.07) is 13.3. The molecule has 2 heteroatoms. The first-order valence-corrected chi connectivity index (χ1v) is 6.77. The third-order valence-electron chi connectivity index (χ3n) is 3.51. The molecule has 0 amide bonds. The van der Waals surface area contributed by atoms with Crippen LogP contribution in [0.5, 0.6) is 0 Å². The Hall–Kier alpha value is -1.67. The Bertz CT molecular complexity index is 561. The number of aromatic nitrogens is 1. The van der Waals surface area contributed by atoms with Crippen molar-refractivity contribution in [1.29, 1.82) is 0 Å². The van der Waals surface area contributed by atoms with Gasteiger partial charge in [0.25, 0.3) is 0 Å². The third-order valence-corrected chi connectivity index (χ3v) is 3.51. The number of rotatable bonds is 4. The Morgan fingerprint density at radius 2 is 1.89 bits per heavy atom. The van der Waals surface area contributed by atoms with Crippen LogP contribution in [-0.4, -0.2) is 12.0 Å². The Morgan fingerprint density at radius 3 is 2.53 bits per heavy atom. The maximum atomic E-state index is 4.56. The predicted molar refractivity (Wildman–Crippen MR) is 80.4 cm³/mol. The summed E-state index contributed by atoms with van der Waals surface area (Å²) >= 11 is 0. The van der Waals surface area contributed by atoms with Crippen molar-refractivity contribution in [2.24, 2.45) is 0 Å². The van der Waals surface area contributed by atoms with Gasteiger partial charge >= 0.3 is 0 Å². The van der Waals surface area contributed by atoms with Crippen molar-refractivity contribution >= 4 is 0 Å². The number of pyridine rings is 1. The minimum atomic E-state index is 0.315. The Labute approximate surface area is 115 Å². The van der Waals surface area contributed by atoms with Crippen LogP contribution in [0.3, 0.4) is 0 Å². The highest BCUT2D eigenvalue weighted by Crippen LogP contribution is 2.21. The van der Waals surface area contributed by atoms with E-state index in [0.717, 1.165) is 17.8 Å². The SMILES string of the molecule is CNC(Cc1cccc(C)c1)c1ccc(C)nc1C. The van der Waals surface area contributed by atoms with E-state index in [-0.39, 0.29) is 0 Å². The van der Waals surface area contributed by atoms with Crippen molar-refractivity contribution in [2.75, 3.05) is 7.05 Å². The summed E-state index contributed by atoms with van der Waals surface area (Å²) in [5.41, 5.74) is 6.15. The van der Waals surface area contributed by atoms with Crippen molar-refractivity contribution in [2.45, 2.75) is 33.2 Å². The lowest BCUT2D eigenvalue weighted by atomic mass is 9.97. The lowest BCUT2D eigenvalue weighted by molar-refractivity contribution is 0.585. The molecule has 0 saturated heterocycles. The van der Waals surface area contributed by atoms with Gasteiger partial charge in [0.1, 0.15) is 0 Å². The monoisotopic (exact) mass is 254 g/mol. The first-order valence-electron chi connectivity index (χ1n) is 6.77. The molecule has 2 rings (SSSR count). The van der Waals surface area contributed by atoms with E-state index in [1.165, 1.54) is 16.7 Å². The molecule has 0 saturated carbocycles. The second-order valence-electron chi connectivity index (χ2n) is 5.16. The van der Waals surface area contributed by atoms with Gasteiger partial charge < -0.3 is 5.32 Å². The maximum Gasteiger partial charge on any atom is 0.0423 e. The van der Waals surface area contributed by atoms with Crippen LogP contribution >= 0.6 is 0 Å². The zero-order chi connectivity index (χ0) is 13.8. The van der Waals surface area contributed by atoms with Crippen molar-refractivity contribution in [3.63, 3.8) is 0 Å². The van der Waals surface area contributed by atoms with Gasteiger partial charge in [-0.1, -0.05) is 35.9 Å². The van der Waals surface area contributed by atoms with E-state index in [0.29, 0.717) is 6.04 Å². The zero-order valence-electron chi connectivity index (χ0n) is 12.2. The van der Waals surface area contributed by atoms with Gasteiger partial charge in [-0.05, 0) is 51.4 Å². The molecule has 2 aromatic rings. The highest BCUT2D eigenvalue weighted by molar-refractivity contribution is 5.29. The molecule has 1 aromatic heterocycles. The van der Waals surface area contributed by atoms with E-state index in [9.17, 15) is 0 Å². The second kappa shape index (κ2) is 5.98. The van der Waals surface area contributed by atoms with E-state index >= 15 is 0 Å². The van der Waals surface area contributed by atoms with Gasteiger partial charge in [-0.25, -0.2) is 0 Å². The smallest absolute Gasteiger partial charge is 0.0423 e. The van der Waals surface area contributed by atoms with Gasteiger partial charge in [0.05, 0.1) is 0 Å². The van der Waals surface area contributed by atoms with Crippen LogP contribution in [0.2, 0.25) is 0 Å². The molecule has 0 radical (unpaired) electrons. The summed E-state index contributed by atoms with van der Waals surface area (Å²) < 4.78 is 0. The summed E-state index contributed by atoms with van der Waals surface area (Å²) in [6.07, 6.45) is 0.990. The molecule has 1 N–H and O–H groups in total. The van der Waals surface area contributed by atoms with E-state index in [2.05, 4.69) is 60.5 Å². The molecule has 0 aliphatic heterocycles. The lowest BCUT2D eigenvalue weighted by Crippen LogP contribution is -2.20. The molecule has 2 nitrogen and oxygen atoms in total. The molecule has 0 spiro atoms. The molecule has 1 atom stereocenters. The maximum absolute atomic E-state index is 4.56. The van der Waals surface area contributed by atoms with Crippen molar-refractivity contribution in [3.8, 4) is 0 Å². The Balaban J connectivity index is 2.25. The number of nitrogens with zero attached hydrogens (tertiary/aromatic N) is 1. The molecule has 0 bridgehead atoms. The molecular weight excluding hydrogens is 232 g/mol. The largest absolute Gasteiger partial charge is 0.313 e. The highest BCUT2D eigenvalue weighted by Gasteiger charge is 2.13. The fraction of sp³-hybridized carbons (Fsp3) is 0.353. The minimum absolute atomic E-state index is 0.315. The van der Waals surface area contributed by atoms with Crippen molar-refractivity contribution < 1.29 is 0 Å². The number of likely N-dealkylation sites (N-methyl/N-ethyl adjacent to an activating group) is 1. The average Bonchev–Trinajstić information content (AvgIpc) is 2.37. The topological polar surface area (TPSA) is 24.9 Å².